The van der Waals surface area contributed by atoms with Crippen molar-refractivity contribution in [3.8, 4) is 5.75 Å². The molecule has 28 heavy (non-hydrogen) atoms. The molecule has 1 aliphatic rings. The molecule has 1 aliphatic heterocycles. The van der Waals surface area contributed by atoms with Crippen LogP contribution in [-0.2, 0) is 14.8 Å². The molecule has 10 heteroatoms. The molecule has 0 bridgehead atoms. The van der Waals surface area contributed by atoms with Crippen LogP contribution in [0, 0.1) is 5.82 Å². The molecule has 0 aromatic heterocycles. The monoisotopic (exact) mass is 428 g/mol. The molecule has 0 saturated carbocycles. The highest BCUT2D eigenvalue weighted by Gasteiger charge is 2.27. The van der Waals surface area contributed by atoms with Crippen LogP contribution < -0.4 is 10.1 Å². The second-order valence-corrected chi connectivity index (χ2v) is 8.30. The van der Waals surface area contributed by atoms with Gasteiger partial charge in [0.2, 0.25) is 10.0 Å². The van der Waals surface area contributed by atoms with Crippen LogP contribution in [0.25, 0.3) is 0 Å². The first kappa shape index (κ1) is 20.5. The summed E-state index contributed by atoms with van der Waals surface area (Å²) >= 11 is 5.92. The van der Waals surface area contributed by atoms with Gasteiger partial charge in [-0.2, -0.15) is 4.31 Å². The van der Waals surface area contributed by atoms with Crippen molar-refractivity contribution in [1.82, 2.24) is 4.31 Å². The van der Waals surface area contributed by atoms with E-state index in [0.29, 0.717) is 13.2 Å². The highest BCUT2D eigenvalue weighted by atomic mass is 35.5. The van der Waals surface area contributed by atoms with Crippen LogP contribution in [0.1, 0.15) is 10.4 Å². The first-order chi connectivity index (χ1) is 13.3. The Hall–Kier alpha value is -2.20. The Labute approximate surface area is 167 Å². The first-order valence-corrected chi connectivity index (χ1v) is 10.2. The number of ether oxygens (including phenoxy) is 2. The molecule has 0 atom stereocenters. The number of carbonyl (C=O) groups excluding carboxylic acids is 1. The van der Waals surface area contributed by atoms with Gasteiger partial charge in [0.05, 0.1) is 41.5 Å². The molecule has 3 rings (SSSR count). The normalized spacial score (nSPS) is 15.2. The van der Waals surface area contributed by atoms with Crippen LogP contribution in [0.4, 0.5) is 10.1 Å². The van der Waals surface area contributed by atoms with Crippen molar-refractivity contribution in [2.24, 2.45) is 0 Å². The predicted molar refractivity (Wildman–Crippen MR) is 102 cm³/mol. The van der Waals surface area contributed by atoms with Gasteiger partial charge in [-0.05, 0) is 36.4 Å². The van der Waals surface area contributed by atoms with E-state index in [1.54, 1.807) is 0 Å². The lowest BCUT2D eigenvalue weighted by Crippen LogP contribution is -2.40. The number of anilines is 1. The van der Waals surface area contributed by atoms with Gasteiger partial charge in [-0.3, -0.25) is 4.79 Å². The maximum atomic E-state index is 13.2. The Bertz CT molecular complexity index is 993. The Morgan fingerprint density at radius 2 is 1.93 bits per heavy atom. The topological polar surface area (TPSA) is 84.9 Å². The third-order valence-corrected chi connectivity index (χ3v) is 6.41. The van der Waals surface area contributed by atoms with Gasteiger partial charge in [0.1, 0.15) is 11.6 Å². The fourth-order valence-corrected chi connectivity index (χ4v) is 4.43. The summed E-state index contributed by atoms with van der Waals surface area (Å²) in [4.78, 5) is 12.5. The Morgan fingerprint density at radius 1 is 1.21 bits per heavy atom. The zero-order chi connectivity index (χ0) is 20.3. The van der Waals surface area contributed by atoms with E-state index in [4.69, 9.17) is 21.1 Å². The molecule has 7 nitrogen and oxygen atoms in total. The zero-order valence-corrected chi connectivity index (χ0v) is 16.5. The van der Waals surface area contributed by atoms with Crippen molar-refractivity contribution in [1.29, 1.82) is 0 Å². The van der Waals surface area contributed by atoms with Crippen LogP contribution in [0.2, 0.25) is 5.02 Å². The maximum Gasteiger partial charge on any atom is 0.257 e. The van der Waals surface area contributed by atoms with Gasteiger partial charge < -0.3 is 14.8 Å². The molecule has 0 unspecified atom stereocenters. The molecular weight excluding hydrogens is 411 g/mol. The van der Waals surface area contributed by atoms with E-state index in [2.05, 4.69) is 5.32 Å². The highest BCUT2D eigenvalue weighted by molar-refractivity contribution is 7.89. The van der Waals surface area contributed by atoms with E-state index in [1.807, 2.05) is 0 Å². The number of hydrogen-bond acceptors (Lipinski definition) is 5. The molecular formula is C18H18ClFN2O5S. The average molecular weight is 429 g/mol. The third kappa shape index (κ3) is 4.27. The van der Waals surface area contributed by atoms with Crippen LogP contribution in [0.15, 0.2) is 41.3 Å². The minimum absolute atomic E-state index is 0.00991. The number of hydrogen-bond donors (Lipinski definition) is 1. The number of amides is 1. The summed E-state index contributed by atoms with van der Waals surface area (Å²) in [5.41, 5.74) is 0.203. The Kier molecular flexibility index (Phi) is 6.19. The molecule has 1 heterocycles. The number of rotatable bonds is 5. The largest absolute Gasteiger partial charge is 0.495 e. The number of carbonyl (C=O) groups is 1. The number of nitrogens with zero attached hydrogens (tertiary/aromatic N) is 1. The highest BCUT2D eigenvalue weighted by Crippen LogP contribution is 2.30. The van der Waals surface area contributed by atoms with E-state index in [1.165, 1.54) is 35.7 Å². The molecule has 0 radical (unpaired) electrons. The molecule has 1 N–H and O–H groups in total. The SMILES string of the molecule is COc1ccc(S(=O)(=O)N2CCOCC2)cc1NC(=O)c1ccc(F)cc1Cl. The van der Waals surface area contributed by atoms with Gasteiger partial charge in [0.25, 0.3) is 5.91 Å². The third-order valence-electron chi connectivity index (χ3n) is 4.20. The second kappa shape index (κ2) is 8.44. The molecule has 2 aromatic carbocycles. The molecule has 0 aliphatic carbocycles. The van der Waals surface area contributed by atoms with Gasteiger partial charge in [-0.1, -0.05) is 11.6 Å². The summed E-state index contributed by atoms with van der Waals surface area (Å²) in [5.74, 6) is -0.922. The van der Waals surface area contributed by atoms with Crippen LogP contribution in [0.3, 0.4) is 0 Å². The molecule has 0 spiro atoms. The smallest absolute Gasteiger partial charge is 0.257 e. The fourth-order valence-electron chi connectivity index (χ4n) is 2.74. The molecule has 1 amide bonds. The van der Waals surface area contributed by atoms with Crippen LogP contribution in [-0.4, -0.2) is 52.0 Å². The zero-order valence-electron chi connectivity index (χ0n) is 14.9. The quantitative estimate of drug-likeness (QED) is 0.791. The molecule has 150 valence electrons. The maximum absolute atomic E-state index is 13.2. The van der Waals surface area contributed by atoms with E-state index in [-0.39, 0.29) is 40.0 Å². The molecule has 2 aromatic rings. The van der Waals surface area contributed by atoms with Crippen LogP contribution in [0.5, 0.6) is 5.75 Å². The average Bonchev–Trinajstić information content (AvgIpc) is 2.68. The van der Waals surface area contributed by atoms with Gasteiger partial charge >= 0.3 is 0 Å². The Morgan fingerprint density at radius 3 is 2.57 bits per heavy atom. The summed E-state index contributed by atoms with van der Waals surface area (Å²) in [6.07, 6.45) is 0. The predicted octanol–water partition coefficient (Wildman–Crippen LogP) is 2.76. The summed E-state index contributed by atoms with van der Waals surface area (Å²) in [6, 6.07) is 7.55. The Balaban J connectivity index is 1.92. The van der Waals surface area contributed by atoms with Crippen molar-refractivity contribution in [3.63, 3.8) is 0 Å². The second-order valence-electron chi connectivity index (χ2n) is 5.96. The van der Waals surface area contributed by atoms with E-state index in [0.717, 1.165) is 12.1 Å². The molecule has 1 fully saturated rings. The van der Waals surface area contributed by atoms with Gasteiger partial charge in [-0.25, -0.2) is 12.8 Å². The standard InChI is InChI=1S/C18H18ClFN2O5S/c1-26-17-5-3-13(28(24,25)22-6-8-27-9-7-22)11-16(17)21-18(23)14-4-2-12(20)10-15(14)19/h2-5,10-11H,6-9H2,1H3,(H,21,23). The number of nitrogens with one attached hydrogen (secondary N) is 1. The van der Waals surface area contributed by atoms with Gasteiger partial charge in [-0.15, -0.1) is 0 Å². The van der Waals surface area contributed by atoms with Gasteiger partial charge in [0, 0.05) is 13.1 Å². The van der Waals surface area contributed by atoms with Crippen molar-refractivity contribution in [3.05, 3.63) is 52.8 Å². The minimum Gasteiger partial charge on any atom is -0.495 e. The summed E-state index contributed by atoms with van der Waals surface area (Å²) in [7, 11) is -2.36. The number of morpholine rings is 1. The van der Waals surface area contributed by atoms with E-state index >= 15 is 0 Å². The fraction of sp³-hybridized carbons (Fsp3) is 0.278. The van der Waals surface area contributed by atoms with Crippen LogP contribution >= 0.6 is 11.6 Å². The van der Waals surface area contributed by atoms with Crippen molar-refractivity contribution in [2.75, 3.05) is 38.7 Å². The number of sulfonamides is 1. The number of methoxy groups -OCH3 is 1. The lowest BCUT2D eigenvalue weighted by atomic mass is 10.2. The number of benzene rings is 2. The van der Waals surface area contributed by atoms with Gasteiger partial charge in [0.15, 0.2) is 0 Å². The lowest BCUT2D eigenvalue weighted by molar-refractivity contribution is 0.0730. The lowest BCUT2D eigenvalue weighted by Gasteiger charge is -2.26. The first-order valence-electron chi connectivity index (χ1n) is 8.35. The van der Waals surface area contributed by atoms with Crippen molar-refractivity contribution in [2.45, 2.75) is 4.90 Å². The summed E-state index contributed by atoms with van der Waals surface area (Å²) in [6.45, 7) is 1.15. The van der Waals surface area contributed by atoms with E-state index in [9.17, 15) is 17.6 Å². The molecule has 1 saturated heterocycles. The van der Waals surface area contributed by atoms with Crippen molar-refractivity contribution < 1.29 is 27.1 Å². The number of halogens is 2. The summed E-state index contributed by atoms with van der Waals surface area (Å²) in [5, 5.41) is 2.51. The van der Waals surface area contributed by atoms with Crippen molar-refractivity contribution >= 4 is 33.2 Å². The summed E-state index contributed by atoms with van der Waals surface area (Å²) < 4.78 is 50.6. The minimum atomic E-state index is -3.75. The van der Waals surface area contributed by atoms with E-state index < -0.39 is 21.7 Å².